The van der Waals surface area contributed by atoms with Crippen LogP contribution in [0.4, 0.5) is 0 Å². The SMILES string of the molecule is COc1cc(CNC(=O)CI)cc(OC)c1O. The van der Waals surface area contributed by atoms with Crippen molar-refractivity contribution in [3.8, 4) is 17.2 Å². The number of alkyl halides is 1. The van der Waals surface area contributed by atoms with Crippen LogP contribution >= 0.6 is 22.6 Å². The summed E-state index contributed by atoms with van der Waals surface area (Å²) in [5, 5.41) is 12.4. The number of halogens is 1. The molecule has 0 atom stereocenters. The van der Waals surface area contributed by atoms with Crippen LogP contribution in [0.15, 0.2) is 12.1 Å². The molecule has 17 heavy (non-hydrogen) atoms. The number of benzene rings is 1. The van der Waals surface area contributed by atoms with Crippen molar-refractivity contribution in [2.24, 2.45) is 0 Å². The summed E-state index contributed by atoms with van der Waals surface area (Å²) in [5.41, 5.74) is 0.801. The molecule has 0 heterocycles. The van der Waals surface area contributed by atoms with Gasteiger partial charge >= 0.3 is 0 Å². The van der Waals surface area contributed by atoms with E-state index in [-0.39, 0.29) is 11.7 Å². The second-order valence-electron chi connectivity index (χ2n) is 3.26. The maximum Gasteiger partial charge on any atom is 0.230 e. The molecule has 1 amide bonds. The monoisotopic (exact) mass is 351 g/mol. The fraction of sp³-hybridized carbons (Fsp3) is 0.364. The van der Waals surface area contributed by atoms with Crippen LogP contribution in [0.1, 0.15) is 5.56 Å². The smallest absolute Gasteiger partial charge is 0.230 e. The first-order chi connectivity index (χ1) is 8.12. The molecule has 0 bridgehead atoms. The van der Waals surface area contributed by atoms with Gasteiger partial charge in [-0.3, -0.25) is 4.79 Å². The van der Waals surface area contributed by atoms with Crippen molar-refractivity contribution in [1.29, 1.82) is 0 Å². The van der Waals surface area contributed by atoms with Crippen molar-refractivity contribution in [3.63, 3.8) is 0 Å². The predicted molar refractivity (Wildman–Crippen MR) is 71.9 cm³/mol. The topological polar surface area (TPSA) is 67.8 Å². The van der Waals surface area contributed by atoms with Gasteiger partial charge in [0.2, 0.25) is 11.7 Å². The molecule has 0 aromatic heterocycles. The van der Waals surface area contributed by atoms with Crippen molar-refractivity contribution < 1.29 is 19.4 Å². The molecule has 0 spiro atoms. The molecular formula is C11H14INO4. The number of amides is 1. The highest BCUT2D eigenvalue weighted by molar-refractivity contribution is 14.1. The van der Waals surface area contributed by atoms with Crippen LogP contribution in [0.2, 0.25) is 0 Å². The maximum absolute atomic E-state index is 11.1. The molecule has 1 rings (SSSR count). The lowest BCUT2D eigenvalue weighted by molar-refractivity contribution is -0.118. The van der Waals surface area contributed by atoms with Crippen molar-refractivity contribution in [1.82, 2.24) is 5.32 Å². The summed E-state index contributed by atoms with van der Waals surface area (Å²) in [6, 6.07) is 3.32. The van der Waals surface area contributed by atoms with E-state index < -0.39 is 0 Å². The number of hydrogen-bond acceptors (Lipinski definition) is 4. The molecule has 5 nitrogen and oxygen atoms in total. The van der Waals surface area contributed by atoms with E-state index in [1.54, 1.807) is 12.1 Å². The highest BCUT2D eigenvalue weighted by Gasteiger charge is 2.11. The number of ether oxygens (including phenoxy) is 2. The van der Waals surface area contributed by atoms with Crippen LogP contribution < -0.4 is 14.8 Å². The van der Waals surface area contributed by atoms with Gasteiger partial charge < -0.3 is 19.9 Å². The Hall–Kier alpha value is -1.18. The third kappa shape index (κ3) is 3.65. The first-order valence-corrected chi connectivity index (χ1v) is 6.41. The molecule has 0 aliphatic rings. The summed E-state index contributed by atoms with van der Waals surface area (Å²) >= 11 is 1.99. The van der Waals surface area contributed by atoms with Gasteiger partial charge in [-0.25, -0.2) is 0 Å². The van der Waals surface area contributed by atoms with Crippen LogP contribution in [0.25, 0.3) is 0 Å². The Labute approximate surface area is 113 Å². The van der Waals surface area contributed by atoms with Crippen molar-refractivity contribution in [3.05, 3.63) is 17.7 Å². The summed E-state index contributed by atoms with van der Waals surface area (Å²) < 4.78 is 10.4. The van der Waals surface area contributed by atoms with Crippen molar-refractivity contribution in [2.45, 2.75) is 6.54 Å². The van der Waals surface area contributed by atoms with E-state index >= 15 is 0 Å². The van der Waals surface area contributed by atoms with E-state index in [9.17, 15) is 9.90 Å². The van der Waals surface area contributed by atoms with Gasteiger partial charge in [-0.15, -0.1) is 0 Å². The first kappa shape index (κ1) is 13.9. The molecule has 1 aromatic rings. The Morgan fingerprint density at radius 2 is 1.88 bits per heavy atom. The number of methoxy groups -OCH3 is 2. The second kappa shape index (κ2) is 6.53. The van der Waals surface area contributed by atoms with Gasteiger partial charge in [0.05, 0.1) is 18.6 Å². The normalized spacial score (nSPS) is 9.82. The number of phenolic OH excluding ortho intramolecular Hbond substituents is 1. The van der Waals surface area contributed by atoms with Crippen molar-refractivity contribution in [2.75, 3.05) is 18.6 Å². The number of phenols is 1. The van der Waals surface area contributed by atoms with E-state index in [1.807, 2.05) is 22.6 Å². The van der Waals surface area contributed by atoms with Crippen LogP contribution in [0.5, 0.6) is 17.2 Å². The van der Waals surface area contributed by atoms with Crippen molar-refractivity contribution >= 4 is 28.5 Å². The fourth-order valence-electron chi connectivity index (χ4n) is 1.30. The van der Waals surface area contributed by atoms with E-state index in [2.05, 4.69) is 5.32 Å². The van der Waals surface area contributed by atoms with Gasteiger partial charge in [-0.1, -0.05) is 22.6 Å². The number of aromatic hydroxyl groups is 1. The van der Waals surface area contributed by atoms with E-state index in [1.165, 1.54) is 14.2 Å². The van der Waals surface area contributed by atoms with Gasteiger partial charge in [0.15, 0.2) is 11.5 Å². The molecule has 94 valence electrons. The van der Waals surface area contributed by atoms with Gasteiger partial charge in [0.25, 0.3) is 0 Å². The van der Waals surface area contributed by atoms with Crippen LogP contribution in [0, 0.1) is 0 Å². The number of carbonyl (C=O) groups excluding carboxylic acids is 1. The Balaban J connectivity index is 2.89. The Kier molecular flexibility index (Phi) is 5.33. The largest absolute Gasteiger partial charge is 0.502 e. The van der Waals surface area contributed by atoms with Crippen LogP contribution in [-0.4, -0.2) is 29.7 Å². The molecule has 6 heteroatoms. The molecule has 0 saturated heterocycles. The average Bonchev–Trinajstić information content (AvgIpc) is 2.36. The van der Waals surface area contributed by atoms with E-state index in [4.69, 9.17) is 9.47 Å². The maximum atomic E-state index is 11.1. The molecule has 0 fully saturated rings. The minimum Gasteiger partial charge on any atom is -0.502 e. The molecule has 0 aliphatic heterocycles. The van der Waals surface area contributed by atoms with Crippen LogP contribution in [-0.2, 0) is 11.3 Å². The van der Waals surface area contributed by atoms with E-state index in [0.29, 0.717) is 22.5 Å². The number of rotatable bonds is 5. The highest BCUT2D eigenvalue weighted by atomic mass is 127. The Bertz CT molecular complexity index is 383. The van der Waals surface area contributed by atoms with Crippen LogP contribution in [0.3, 0.4) is 0 Å². The molecule has 0 unspecified atom stereocenters. The standard InChI is InChI=1S/C11H14INO4/c1-16-8-3-7(6-13-10(14)5-12)4-9(17-2)11(8)15/h3-4,15H,5-6H2,1-2H3,(H,13,14). The summed E-state index contributed by atoms with van der Waals surface area (Å²) in [5.74, 6) is 0.557. The Morgan fingerprint density at radius 1 is 1.35 bits per heavy atom. The minimum atomic E-state index is -0.0448. The summed E-state index contributed by atoms with van der Waals surface area (Å²) in [4.78, 5) is 11.1. The third-order valence-electron chi connectivity index (χ3n) is 2.15. The number of hydrogen-bond donors (Lipinski definition) is 2. The fourth-order valence-corrected chi connectivity index (χ4v) is 1.57. The lowest BCUT2D eigenvalue weighted by Crippen LogP contribution is -2.23. The zero-order chi connectivity index (χ0) is 12.8. The number of carbonyl (C=O) groups is 1. The van der Waals surface area contributed by atoms with Gasteiger partial charge in [0, 0.05) is 6.54 Å². The molecule has 2 N–H and O–H groups in total. The first-order valence-electron chi connectivity index (χ1n) is 4.89. The minimum absolute atomic E-state index is 0.0426. The molecule has 0 aliphatic carbocycles. The summed E-state index contributed by atoms with van der Waals surface area (Å²) in [6.45, 7) is 0.370. The van der Waals surface area contributed by atoms with Gasteiger partial charge in [-0.2, -0.15) is 0 Å². The zero-order valence-electron chi connectivity index (χ0n) is 9.62. The molecule has 1 aromatic carbocycles. The lowest BCUT2D eigenvalue weighted by Gasteiger charge is -2.11. The summed E-state index contributed by atoms with van der Waals surface area (Å²) in [6.07, 6.45) is 0. The molecule has 0 saturated carbocycles. The lowest BCUT2D eigenvalue weighted by atomic mass is 10.2. The quantitative estimate of drug-likeness (QED) is 0.623. The molecule has 0 radical (unpaired) electrons. The zero-order valence-corrected chi connectivity index (χ0v) is 11.8. The summed E-state index contributed by atoms with van der Waals surface area (Å²) in [7, 11) is 2.92. The van der Waals surface area contributed by atoms with Gasteiger partial charge in [-0.05, 0) is 17.7 Å². The predicted octanol–water partition coefficient (Wildman–Crippen LogP) is 1.46. The highest BCUT2D eigenvalue weighted by Crippen LogP contribution is 2.36. The average molecular weight is 351 g/mol. The molecular weight excluding hydrogens is 337 g/mol. The Morgan fingerprint density at radius 3 is 2.29 bits per heavy atom. The number of nitrogens with one attached hydrogen (secondary N) is 1. The van der Waals surface area contributed by atoms with E-state index in [0.717, 1.165) is 5.56 Å². The second-order valence-corrected chi connectivity index (χ2v) is 4.02. The van der Waals surface area contributed by atoms with Gasteiger partial charge in [0.1, 0.15) is 0 Å². The third-order valence-corrected chi connectivity index (χ3v) is 2.84.